The highest BCUT2D eigenvalue weighted by Gasteiger charge is 2.50. The summed E-state index contributed by atoms with van der Waals surface area (Å²) in [5.41, 5.74) is 3.13. The second kappa shape index (κ2) is 7.51. The highest BCUT2D eigenvalue weighted by molar-refractivity contribution is 5.58. The molecule has 30 heavy (non-hydrogen) atoms. The van der Waals surface area contributed by atoms with Gasteiger partial charge in [0.2, 0.25) is 0 Å². The Morgan fingerprint density at radius 1 is 0.967 bits per heavy atom. The van der Waals surface area contributed by atoms with E-state index in [-0.39, 0.29) is 11.2 Å². The molecule has 5 rings (SSSR count). The van der Waals surface area contributed by atoms with Crippen LogP contribution in [0.15, 0.2) is 66.9 Å². The summed E-state index contributed by atoms with van der Waals surface area (Å²) >= 11 is 0. The topological polar surface area (TPSA) is 38.1 Å². The lowest BCUT2D eigenvalue weighted by Crippen LogP contribution is -2.50. The van der Waals surface area contributed by atoms with Crippen molar-refractivity contribution in [2.45, 2.75) is 50.5 Å². The van der Waals surface area contributed by atoms with Crippen molar-refractivity contribution in [1.29, 1.82) is 0 Å². The molecule has 2 aliphatic carbocycles. The van der Waals surface area contributed by atoms with Gasteiger partial charge >= 0.3 is 0 Å². The van der Waals surface area contributed by atoms with Crippen LogP contribution >= 0.6 is 0 Å². The second-order valence-corrected chi connectivity index (χ2v) is 8.86. The fourth-order valence-corrected chi connectivity index (χ4v) is 5.34. The summed E-state index contributed by atoms with van der Waals surface area (Å²) in [5.74, 6) is -0.251. The van der Waals surface area contributed by atoms with Crippen molar-refractivity contribution in [3.8, 4) is 5.69 Å². The number of nitrogens with zero attached hydrogens (tertiary/aromatic N) is 2. The maximum atomic E-state index is 13.3. The van der Waals surface area contributed by atoms with Gasteiger partial charge in [0.25, 0.3) is 0 Å². The van der Waals surface area contributed by atoms with Crippen LogP contribution < -0.4 is 0 Å². The van der Waals surface area contributed by atoms with E-state index < -0.39 is 5.60 Å². The first kappa shape index (κ1) is 19.3. The molecule has 0 aliphatic heterocycles. The van der Waals surface area contributed by atoms with Gasteiger partial charge in [-0.15, -0.1) is 0 Å². The van der Waals surface area contributed by atoms with Crippen LogP contribution in [0.1, 0.15) is 48.9 Å². The lowest BCUT2D eigenvalue weighted by Gasteiger charge is -2.46. The Bertz CT molecular complexity index is 1060. The van der Waals surface area contributed by atoms with E-state index in [9.17, 15) is 9.50 Å². The first-order valence-corrected chi connectivity index (χ1v) is 10.9. The normalized spacial score (nSPS) is 25.8. The van der Waals surface area contributed by atoms with Crippen LogP contribution in [0.5, 0.6) is 0 Å². The highest BCUT2D eigenvalue weighted by atomic mass is 19.1. The molecule has 2 atom stereocenters. The molecule has 2 aliphatic rings. The van der Waals surface area contributed by atoms with Crippen LogP contribution in [-0.2, 0) is 12.8 Å². The summed E-state index contributed by atoms with van der Waals surface area (Å²) in [4.78, 5) is 0. The van der Waals surface area contributed by atoms with Crippen LogP contribution in [-0.4, -0.2) is 20.5 Å². The predicted molar refractivity (Wildman–Crippen MR) is 117 cm³/mol. The molecule has 0 bridgehead atoms. The molecule has 1 N–H and O–H groups in total. The third-order valence-electron chi connectivity index (χ3n) is 7.00. The molecule has 1 saturated carbocycles. The molecule has 1 spiro atoms. The van der Waals surface area contributed by atoms with Crippen LogP contribution in [0.4, 0.5) is 4.39 Å². The van der Waals surface area contributed by atoms with E-state index in [1.807, 2.05) is 29.1 Å². The fraction of sp³-hybridized carbons (Fsp3) is 0.346. The first-order valence-electron chi connectivity index (χ1n) is 10.9. The summed E-state index contributed by atoms with van der Waals surface area (Å²) in [6, 6.07) is 16.8. The Kier molecular flexibility index (Phi) is 4.82. The second-order valence-electron chi connectivity index (χ2n) is 8.86. The number of fused-ring (bicyclic) bond motifs is 1. The van der Waals surface area contributed by atoms with E-state index in [2.05, 4.69) is 29.4 Å². The molecular weight excluding hydrogens is 375 g/mol. The smallest absolute Gasteiger partial charge is 0.123 e. The van der Waals surface area contributed by atoms with Gasteiger partial charge in [-0.25, -0.2) is 9.07 Å². The summed E-state index contributed by atoms with van der Waals surface area (Å²) in [7, 11) is 0. The summed E-state index contributed by atoms with van der Waals surface area (Å²) in [6.45, 7) is 0. The van der Waals surface area contributed by atoms with E-state index in [1.165, 1.54) is 17.7 Å². The standard InChI is InChI=1S/C26H27FN2O/c27-22-9-11-23(12-10-22)29-24-13-16-25(18-21(24)19-28-29)14-5-2-6-15-26(25,30)17-20-7-3-1-4-8-20/h1,3-4,7-13,16,19,30H,2,5-6,14-15,17-18H2/t25-,26-/m0/s1. The van der Waals surface area contributed by atoms with Crippen molar-refractivity contribution in [1.82, 2.24) is 9.78 Å². The zero-order chi connectivity index (χ0) is 20.6. The summed E-state index contributed by atoms with van der Waals surface area (Å²) < 4.78 is 15.2. The van der Waals surface area contributed by atoms with Crippen molar-refractivity contribution in [2.75, 3.05) is 0 Å². The van der Waals surface area contributed by atoms with E-state index in [0.717, 1.165) is 55.5 Å². The van der Waals surface area contributed by atoms with Crippen molar-refractivity contribution < 1.29 is 9.50 Å². The molecule has 0 radical (unpaired) electrons. The van der Waals surface area contributed by atoms with Crippen LogP contribution in [0.2, 0.25) is 0 Å². The number of hydrogen-bond donors (Lipinski definition) is 1. The molecule has 4 heteroatoms. The molecule has 3 aromatic rings. The number of benzene rings is 2. The minimum atomic E-state index is -0.781. The Balaban J connectivity index is 1.52. The number of aromatic nitrogens is 2. The average molecular weight is 403 g/mol. The van der Waals surface area contributed by atoms with Crippen molar-refractivity contribution in [3.05, 3.63) is 89.5 Å². The fourth-order valence-electron chi connectivity index (χ4n) is 5.34. The van der Waals surface area contributed by atoms with Crippen LogP contribution in [0.3, 0.4) is 0 Å². The number of aliphatic hydroxyl groups is 1. The van der Waals surface area contributed by atoms with E-state index in [0.29, 0.717) is 6.42 Å². The quantitative estimate of drug-likeness (QED) is 0.628. The Morgan fingerprint density at radius 3 is 2.53 bits per heavy atom. The molecule has 154 valence electrons. The zero-order valence-electron chi connectivity index (χ0n) is 17.1. The number of rotatable bonds is 3. The first-order chi connectivity index (χ1) is 14.6. The molecule has 0 saturated heterocycles. The Morgan fingerprint density at radius 2 is 1.73 bits per heavy atom. The minimum Gasteiger partial charge on any atom is -0.389 e. The van der Waals surface area contributed by atoms with Crippen molar-refractivity contribution in [3.63, 3.8) is 0 Å². The molecule has 0 amide bonds. The van der Waals surface area contributed by atoms with Gasteiger partial charge in [-0.2, -0.15) is 5.10 Å². The molecule has 0 unspecified atom stereocenters. The maximum Gasteiger partial charge on any atom is 0.123 e. The lowest BCUT2D eigenvalue weighted by atomic mass is 9.61. The maximum absolute atomic E-state index is 13.3. The van der Waals surface area contributed by atoms with Crippen LogP contribution in [0, 0.1) is 11.2 Å². The van der Waals surface area contributed by atoms with Gasteiger partial charge in [0, 0.05) is 11.8 Å². The number of halogens is 1. The molecule has 1 heterocycles. The van der Waals surface area contributed by atoms with Crippen molar-refractivity contribution >= 4 is 6.08 Å². The van der Waals surface area contributed by atoms with Gasteiger partial charge in [-0.05, 0) is 60.7 Å². The van der Waals surface area contributed by atoms with Crippen molar-refractivity contribution in [2.24, 2.45) is 5.41 Å². The van der Waals surface area contributed by atoms with Gasteiger partial charge in [0.05, 0.1) is 23.2 Å². The van der Waals surface area contributed by atoms with E-state index in [1.54, 1.807) is 12.1 Å². The third-order valence-corrected chi connectivity index (χ3v) is 7.00. The Labute approximate surface area is 176 Å². The lowest BCUT2D eigenvalue weighted by molar-refractivity contribution is -0.0655. The monoisotopic (exact) mass is 402 g/mol. The highest BCUT2D eigenvalue weighted by Crippen LogP contribution is 2.50. The van der Waals surface area contributed by atoms with Gasteiger partial charge in [0.15, 0.2) is 0 Å². The summed E-state index contributed by atoms with van der Waals surface area (Å²) in [6.07, 6.45) is 12.9. The molecular formula is C26H27FN2O. The Hall–Kier alpha value is -2.72. The molecule has 1 aromatic heterocycles. The van der Waals surface area contributed by atoms with Gasteiger partial charge in [0.1, 0.15) is 5.82 Å². The van der Waals surface area contributed by atoms with Gasteiger partial charge in [-0.1, -0.05) is 55.7 Å². The minimum absolute atomic E-state index is 0.251. The van der Waals surface area contributed by atoms with Gasteiger partial charge in [-0.3, -0.25) is 0 Å². The molecule has 3 nitrogen and oxygen atoms in total. The zero-order valence-corrected chi connectivity index (χ0v) is 17.1. The SMILES string of the molecule is O[C@]1(Cc2ccccc2)CCCCC[C@@]12C=Cc1c(cnn1-c1ccc(F)cc1)C2. The third kappa shape index (κ3) is 3.29. The predicted octanol–water partition coefficient (Wildman–Crippen LogP) is 5.51. The summed E-state index contributed by atoms with van der Waals surface area (Å²) in [5, 5.41) is 16.6. The largest absolute Gasteiger partial charge is 0.389 e. The van der Waals surface area contributed by atoms with E-state index >= 15 is 0 Å². The molecule has 2 aromatic carbocycles. The van der Waals surface area contributed by atoms with E-state index in [4.69, 9.17) is 0 Å². The number of hydrogen-bond acceptors (Lipinski definition) is 2. The molecule has 1 fully saturated rings. The van der Waals surface area contributed by atoms with Crippen LogP contribution in [0.25, 0.3) is 11.8 Å². The average Bonchev–Trinajstić information content (AvgIpc) is 3.11. The van der Waals surface area contributed by atoms with Gasteiger partial charge < -0.3 is 5.11 Å².